The Hall–Kier alpha value is -1.03. The summed E-state index contributed by atoms with van der Waals surface area (Å²) in [6.45, 7) is 6.60. The third-order valence-corrected chi connectivity index (χ3v) is 2.21. The Morgan fingerprint density at radius 3 is 2.24 bits per heavy atom. The molecule has 0 atom stereocenters. The van der Waals surface area contributed by atoms with Crippen LogP contribution in [-0.4, -0.2) is 30.9 Å². The number of unbranched alkanes of at least 4 members (excludes halogenated alkanes) is 3. The second kappa shape index (κ2) is 10.1. The lowest BCUT2D eigenvalue weighted by atomic mass is 10.2. The second-order valence-corrected chi connectivity index (χ2v) is 4.04. The fourth-order valence-corrected chi connectivity index (χ4v) is 1.35. The summed E-state index contributed by atoms with van der Waals surface area (Å²) in [7, 11) is 0. The fraction of sp³-hybridized carbons (Fsp3) is 0.769. The standard InChI is InChI=1S/C13H24O4/c1-4-16-12(11(2)3)13(15)17-10-8-6-5-7-9-14/h14H,4-10H2,1-3H3. The summed E-state index contributed by atoms with van der Waals surface area (Å²) in [6, 6.07) is 0. The zero-order valence-electron chi connectivity index (χ0n) is 11.1. The normalized spacial score (nSPS) is 9.88. The molecule has 0 aromatic heterocycles. The molecule has 0 spiro atoms. The molecule has 0 aliphatic heterocycles. The van der Waals surface area contributed by atoms with Gasteiger partial charge in [0, 0.05) is 6.61 Å². The van der Waals surface area contributed by atoms with Crippen LogP contribution in [-0.2, 0) is 14.3 Å². The van der Waals surface area contributed by atoms with Crippen LogP contribution in [0.2, 0.25) is 0 Å². The third kappa shape index (κ3) is 7.80. The Morgan fingerprint density at radius 1 is 1.06 bits per heavy atom. The Kier molecular flexibility index (Phi) is 9.53. The van der Waals surface area contributed by atoms with E-state index in [2.05, 4.69) is 0 Å². The fourth-order valence-electron chi connectivity index (χ4n) is 1.35. The van der Waals surface area contributed by atoms with Gasteiger partial charge in [-0.2, -0.15) is 0 Å². The van der Waals surface area contributed by atoms with E-state index in [9.17, 15) is 4.79 Å². The Morgan fingerprint density at radius 2 is 1.71 bits per heavy atom. The van der Waals surface area contributed by atoms with Crippen LogP contribution in [0, 0.1) is 0 Å². The molecule has 100 valence electrons. The van der Waals surface area contributed by atoms with Crippen molar-refractivity contribution in [2.24, 2.45) is 0 Å². The number of hydrogen-bond donors (Lipinski definition) is 1. The summed E-state index contributed by atoms with van der Waals surface area (Å²) in [5.41, 5.74) is 0.831. The maximum atomic E-state index is 11.6. The van der Waals surface area contributed by atoms with Crippen LogP contribution in [0.15, 0.2) is 11.3 Å². The van der Waals surface area contributed by atoms with E-state index in [-0.39, 0.29) is 12.6 Å². The van der Waals surface area contributed by atoms with E-state index in [4.69, 9.17) is 14.6 Å². The van der Waals surface area contributed by atoms with Crippen LogP contribution in [0.4, 0.5) is 0 Å². The average molecular weight is 244 g/mol. The van der Waals surface area contributed by atoms with Crippen molar-refractivity contribution in [2.75, 3.05) is 19.8 Å². The Bertz CT molecular complexity index is 242. The summed E-state index contributed by atoms with van der Waals surface area (Å²) < 4.78 is 10.3. The highest BCUT2D eigenvalue weighted by molar-refractivity contribution is 5.86. The van der Waals surface area contributed by atoms with E-state index in [0.29, 0.717) is 19.0 Å². The van der Waals surface area contributed by atoms with Crippen LogP contribution in [0.1, 0.15) is 46.5 Å². The summed E-state index contributed by atoms with van der Waals surface area (Å²) >= 11 is 0. The minimum Gasteiger partial charge on any atom is -0.487 e. The zero-order chi connectivity index (χ0) is 13.1. The molecule has 0 aromatic carbocycles. The number of carbonyl (C=O) groups excluding carboxylic acids is 1. The molecule has 0 amide bonds. The molecule has 0 bridgehead atoms. The molecule has 0 saturated carbocycles. The Balaban J connectivity index is 3.80. The molecule has 17 heavy (non-hydrogen) atoms. The smallest absolute Gasteiger partial charge is 0.373 e. The number of rotatable bonds is 9. The van der Waals surface area contributed by atoms with Gasteiger partial charge < -0.3 is 14.6 Å². The summed E-state index contributed by atoms with van der Waals surface area (Å²) in [5, 5.41) is 8.60. The van der Waals surface area contributed by atoms with Crippen molar-refractivity contribution in [3.05, 3.63) is 11.3 Å². The molecule has 0 rings (SSSR count). The monoisotopic (exact) mass is 244 g/mol. The molecular formula is C13H24O4. The van der Waals surface area contributed by atoms with Crippen LogP contribution in [0.3, 0.4) is 0 Å². The minimum atomic E-state index is -0.381. The molecule has 4 nitrogen and oxygen atoms in total. The van der Waals surface area contributed by atoms with Gasteiger partial charge in [-0.25, -0.2) is 4.79 Å². The lowest BCUT2D eigenvalue weighted by Gasteiger charge is -2.10. The van der Waals surface area contributed by atoms with Gasteiger partial charge in [0.15, 0.2) is 0 Å². The topological polar surface area (TPSA) is 55.8 Å². The number of allylic oxidation sites excluding steroid dienone is 1. The highest BCUT2D eigenvalue weighted by Crippen LogP contribution is 2.08. The summed E-state index contributed by atoms with van der Waals surface area (Å²) in [5.74, 6) is -0.0585. The van der Waals surface area contributed by atoms with Gasteiger partial charge in [-0.05, 0) is 45.6 Å². The number of hydrogen-bond acceptors (Lipinski definition) is 4. The van der Waals surface area contributed by atoms with Crippen LogP contribution in [0.5, 0.6) is 0 Å². The van der Waals surface area contributed by atoms with E-state index < -0.39 is 0 Å². The van der Waals surface area contributed by atoms with Crippen molar-refractivity contribution >= 4 is 5.97 Å². The number of carbonyl (C=O) groups is 1. The van der Waals surface area contributed by atoms with Gasteiger partial charge in [0.1, 0.15) is 0 Å². The molecular weight excluding hydrogens is 220 g/mol. The van der Waals surface area contributed by atoms with Crippen LogP contribution in [0.25, 0.3) is 0 Å². The lowest BCUT2D eigenvalue weighted by molar-refractivity contribution is -0.143. The molecule has 0 aliphatic rings. The van der Waals surface area contributed by atoms with E-state index in [1.54, 1.807) is 0 Å². The van der Waals surface area contributed by atoms with Gasteiger partial charge in [0.05, 0.1) is 13.2 Å². The number of aliphatic hydroxyl groups is 1. The SMILES string of the molecule is CCOC(C(=O)OCCCCCCO)=C(C)C. The van der Waals surface area contributed by atoms with Gasteiger partial charge in [-0.1, -0.05) is 6.42 Å². The molecule has 0 unspecified atom stereocenters. The van der Waals surface area contributed by atoms with Gasteiger partial charge >= 0.3 is 5.97 Å². The molecule has 4 heteroatoms. The van der Waals surface area contributed by atoms with Gasteiger partial charge in [0.25, 0.3) is 0 Å². The summed E-state index contributed by atoms with van der Waals surface area (Å²) in [4.78, 5) is 11.6. The van der Waals surface area contributed by atoms with E-state index in [0.717, 1.165) is 31.3 Å². The van der Waals surface area contributed by atoms with Crippen molar-refractivity contribution in [2.45, 2.75) is 46.5 Å². The maximum absolute atomic E-state index is 11.6. The molecule has 0 radical (unpaired) electrons. The predicted molar refractivity (Wildman–Crippen MR) is 66.5 cm³/mol. The van der Waals surface area contributed by atoms with Crippen LogP contribution < -0.4 is 0 Å². The van der Waals surface area contributed by atoms with Gasteiger partial charge in [-0.3, -0.25) is 0 Å². The highest BCUT2D eigenvalue weighted by atomic mass is 16.6. The molecule has 0 aromatic rings. The van der Waals surface area contributed by atoms with Gasteiger partial charge in [0.2, 0.25) is 5.76 Å². The molecule has 0 heterocycles. The number of ether oxygens (including phenoxy) is 2. The largest absolute Gasteiger partial charge is 0.487 e. The van der Waals surface area contributed by atoms with Crippen LogP contribution >= 0.6 is 0 Å². The first kappa shape index (κ1) is 16.0. The zero-order valence-corrected chi connectivity index (χ0v) is 11.1. The average Bonchev–Trinajstić information content (AvgIpc) is 2.29. The lowest BCUT2D eigenvalue weighted by Crippen LogP contribution is -2.13. The maximum Gasteiger partial charge on any atom is 0.373 e. The van der Waals surface area contributed by atoms with Crippen molar-refractivity contribution in [3.63, 3.8) is 0 Å². The quantitative estimate of drug-likeness (QED) is 0.293. The summed E-state index contributed by atoms with van der Waals surface area (Å²) in [6.07, 6.45) is 3.57. The third-order valence-electron chi connectivity index (χ3n) is 2.21. The van der Waals surface area contributed by atoms with Crippen molar-refractivity contribution in [1.82, 2.24) is 0 Å². The van der Waals surface area contributed by atoms with Crippen molar-refractivity contribution in [1.29, 1.82) is 0 Å². The minimum absolute atomic E-state index is 0.228. The van der Waals surface area contributed by atoms with E-state index >= 15 is 0 Å². The molecule has 0 fully saturated rings. The first-order valence-electron chi connectivity index (χ1n) is 6.21. The number of esters is 1. The molecule has 0 aliphatic carbocycles. The first-order chi connectivity index (χ1) is 8.13. The second-order valence-electron chi connectivity index (χ2n) is 4.04. The van der Waals surface area contributed by atoms with Crippen molar-refractivity contribution < 1.29 is 19.4 Å². The number of aliphatic hydroxyl groups excluding tert-OH is 1. The highest BCUT2D eigenvalue weighted by Gasteiger charge is 2.13. The van der Waals surface area contributed by atoms with E-state index in [1.165, 1.54) is 0 Å². The molecule has 1 N–H and O–H groups in total. The van der Waals surface area contributed by atoms with Crippen molar-refractivity contribution in [3.8, 4) is 0 Å². The van der Waals surface area contributed by atoms with E-state index in [1.807, 2.05) is 20.8 Å². The Labute approximate surface area is 104 Å². The first-order valence-corrected chi connectivity index (χ1v) is 6.21. The predicted octanol–water partition coefficient (Wildman–Crippen LogP) is 2.41. The molecule has 0 saturated heterocycles. The van der Waals surface area contributed by atoms with Gasteiger partial charge in [-0.15, -0.1) is 0 Å².